The molecule has 0 heterocycles. The van der Waals surface area contributed by atoms with E-state index in [-0.39, 0.29) is 26.1 Å². The SMILES string of the molecule is CC/C=C/C/C=C/C/C=C/C/C=C/CCCCC(=O)OC[C@H](COP(=O)(O)OCC[N+](C)(C)C)OC(=O)CCCCCCCCCCCCCCCCCCCCCCCCC. The maximum absolute atomic E-state index is 12.8. The molecule has 0 aliphatic rings. The summed E-state index contributed by atoms with van der Waals surface area (Å²) in [5.74, 6) is -0.841. The zero-order valence-corrected chi connectivity index (χ0v) is 41.7. The van der Waals surface area contributed by atoms with E-state index >= 15 is 0 Å². The van der Waals surface area contributed by atoms with Gasteiger partial charge in [0.05, 0.1) is 27.7 Å². The number of rotatable bonds is 46. The molecule has 0 aromatic rings. The Hall–Kier alpha value is -2.03. The van der Waals surface area contributed by atoms with Crippen LogP contribution in [0, 0.1) is 0 Å². The minimum Gasteiger partial charge on any atom is -0.462 e. The Balaban J connectivity index is 4.24. The molecule has 0 aliphatic carbocycles. The lowest BCUT2D eigenvalue weighted by Crippen LogP contribution is -2.37. The minimum atomic E-state index is -4.39. The van der Waals surface area contributed by atoms with Crippen molar-refractivity contribution >= 4 is 19.8 Å². The van der Waals surface area contributed by atoms with Crippen molar-refractivity contribution in [3.05, 3.63) is 48.6 Å². The molecule has 1 unspecified atom stereocenters. The third-order valence-electron chi connectivity index (χ3n) is 10.9. The van der Waals surface area contributed by atoms with E-state index in [0.717, 1.165) is 51.4 Å². The zero-order chi connectivity index (χ0) is 45.7. The molecule has 0 amide bonds. The second-order valence-corrected chi connectivity index (χ2v) is 19.6. The summed E-state index contributed by atoms with van der Waals surface area (Å²) in [5.41, 5.74) is 0. The van der Waals surface area contributed by atoms with Gasteiger partial charge in [0, 0.05) is 12.8 Å². The fraction of sp³-hybridized carbons (Fsp3) is 0.808. The van der Waals surface area contributed by atoms with Gasteiger partial charge < -0.3 is 18.9 Å². The average molecular weight is 895 g/mol. The quantitative estimate of drug-likeness (QED) is 0.0212. The Labute approximate surface area is 382 Å². The molecule has 10 heteroatoms. The largest absolute Gasteiger partial charge is 0.472 e. The molecular formula is C52H97NO8P+. The predicted octanol–water partition coefficient (Wildman–Crippen LogP) is 15.0. The highest BCUT2D eigenvalue weighted by molar-refractivity contribution is 7.47. The predicted molar refractivity (Wildman–Crippen MR) is 261 cm³/mol. The Morgan fingerprint density at radius 1 is 0.516 bits per heavy atom. The Kier molecular flexibility index (Phi) is 42.7. The topological polar surface area (TPSA) is 108 Å². The number of carbonyl (C=O) groups excluding carboxylic acids is 2. The molecule has 9 nitrogen and oxygen atoms in total. The van der Waals surface area contributed by atoms with Crippen LogP contribution in [-0.2, 0) is 32.7 Å². The number of hydrogen-bond acceptors (Lipinski definition) is 7. The molecule has 62 heavy (non-hydrogen) atoms. The maximum Gasteiger partial charge on any atom is 0.472 e. The summed E-state index contributed by atoms with van der Waals surface area (Å²) in [6.07, 6.45) is 53.2. The first-order valence-electron chi connectivity index (χ1n) is 25.4. The number of hydrogen-bond donors (Lipinski definition) is 1. The fourth-order valence-corrected chi connectivity index (χ4v) is 7.69. The molecule has 0 aromatic heterocycles. The molecule has 0 bridgehead atoms. The van der Waals surface area contributed by atoms with Crippen LogP contribution < -0.4 is 0 Å². The molecule has 0 aliphatic heterocycles. The van der Waals surface area contributed by atoms with E-state index in [1.807, 2.05) is 21.1 Å². The number of quaternary nitrogens is 1. The number of phosphoric acid groups is 1. The molecular weight excluding hydrogens is 798 g/mol. The van der Waals surface area contributed by atoms with Crippen LogP contribution in [0.15, 0.2) is 48.6 Å². The van der Waals surface area contributed by atoms with Crippen LogP contribution in [0.5, 0.6) is 0 Å². The van der Waals surface area contributed by atoms with Crippen molar-refractivity contribution in [1.29, 1.82) is 0 Å². The van der Waals surface area contributed by atoms with E-state index in [1.165, 1.54) is 128 Å². The van der Waals surface area contributed by atoms with Crippen LogP contribution in [0.1, 0.15) is 219 Å². The van der Waals surface area contributed by atoms with E-state index in [4.69, 9.17) is 18.5 Å². The number of allylic oxidation sites excluding steroid dienone is 8. The van der Waals surface area contributed by atoms with Crippen molar-refractivity contribution in [3.8, 4) is 0 Å². The van der Waals surface area contributed by atoms with Gasteiger partial charge in [-0.05, 0) is 51.4 Å². The number of likely N-dealkylation sites (N-methyl/N-ethyl adjacent to an activating group) is 1. The molecule has 0 saturated carbocycles. The van der Waals surface area contributed by atoms with Gasteiger partial charge in [-0.1, -0.05) is 204 Å². The van der Waals surface area contributed by atoms with Crippen molar-refractivity contribution in [2.45, 2.75) is 225 Å². The standard InChI is InChI=1S/C52H96NO8P/c1-6-8-10-12-14-16-18-20-22-23-24-25-26-27-28-29-31-33-35-37-39-41-43-45-52(55)61-50(49-60-62(56,57)59-47-46-53(3,4)5)48-58-51(54)44-42-40-38-36-34-32-30-21-19-17-15-13-11-9-7-2/h9,11,15,17,21,30,34,36,50H,6-8,10,12-14,16,18-20,22-29,31-33,35,37-49H2,1-5H3/p+1/b11-9+,17-15+,30-21+,36-34+/t50-/m1/s1. The highest BCUT2D eigenvalue weighted by atomic mass is 31.2. The number of ether oxygens (including phenoxy) is 2. The lowest BCUT2D eigenvalue weighted by molar-refractivity contribution is -0.870. The van der Waals surface area contributed by atoms with E-state index in [1.54, 1.807) is 0 Å². The average Bonchev–Trinajstić information content (AvgIpc) is 3.23. The molecule has 0 fully saturated rings. The minimum absolute atomic E-state index is 0.0250. The van der Waals surface area contributed by atoms with Crippen molar-refractivity contribution in [2.75, 3.05) is 47.5 Å². The summed E-state index contributed by atoms with van der Waals surface area (Å²) in [6.45, 7) is 4.29. The number of unbranched alkanes of at least 4 members (excludes halogenated alkanes) is 24. The van der Waals surface area contributed by atoms with Crippen molar-refractivity contribution in [3.63, 3.8) is 0 Å². The first-order valence-corrected chi connectivity index (χ1v) is 26.9. The number of esters is 2. The van der Waals surface area contributed by atoms with Crippen LogP contribution >= 0.6 is 7.82 Å². The molecule has 362 valence electrons. The summed E-state index contributed by atoms with van der Waals surface area (Å²) < 4.78 is 34.4. The summed E-state index contributed by atoms with van der Waals surface area (Å²) >= 11 is 0. The second kappa shape index (κ2) is 44.2. The monoisotopic (exact) mass is 895 g/mol. The van der Waals surface area contributed by atoms with Gasteiger partial charge in [-0.25, -0.2) is 4.57 Å². The lowest BCUT2D eigenvalue weighted by atomic mass is 10.0. The molecule has 0 rings (SSSR count). The van der Waals surface area contributed by atoms with Crippen molar-refractivity contribution < 1.29 is 42.1 Å². The Bertz CT molecular complexity index is 1190. The number of phosphoric ester groups is 1. The van der Waals surface area contributed by atoms with E-state index in [0.29, 0.717) is 23.9 Å². The molecule has 2 atom stereocenters. The van der Waals surface area contributed by atoms with Gasteiger partial charge >= 0.3 is 19.8 Å². The molecule has 0 aromatic carbocycles. The smallest absolute Gasteiger partial charge is 0.462 e. The zero-order valence-electron chi connectivity index (χ0n) is 40.9. The van der Waals surface area contributed by atoms with Crippen LogP contribution in [0.4, 0.5) is 0 Å². The van der Waals surface area contributed by atoms with Gasteiger partial charge in [-0.15, -0.1) is 0 Å². The van der Waals surface area contributed by atoms with Gasteiger partial charge in [-0.2, -0.15) is 0 Å². The Morgan fingerprint density at radius 2 is 0.919 bits per heavy atom. The van der Waals surface area contributed by atoms with Crippen LogP contribution in [-0.4, -0.2) is 74.9 Å². The van der Waals surface area contributed by atoms with Gasteiger partial charge in [-0.3, -0.25) is 18.6 Å². The van der Waals surface area contributed by atoms with Crippen molar-refractivity contribution in [2.24, 2.45) is 0 Å². The first kappa shape index (κ1) is 60.0. The highest BCUT2D eigenvalue weighted by Crippen LogP contribution is 2.43. The van der Waals surface area contributed by atoms with E-state index in [9.17, 15) is 19.0 Å². The summed E-state index contributed by atoms with van der Waals surface area (Å²) in [7, 11) is 1.46. The van der Waals surface area contributed by atoms with E-state index in [2.05, 4.69) is 62.5 Å². The van der Waals surface area contributed by atoms with Gasteiger partial charge in [0.1, 0.15) is 19.8 Å². The normalized spacial score (nSPS) is 13.8. The third kappa shape index (κ3) is 47.4. The van der Waals surface area contributed by atoms with Crippen LogP contribution in [0.2, 0.25) is 0 Å². The van der Waals surface area contributed by atoms with Crippen LogP contribution in [0.3, 0.4) is 0 Å². The Morgan fingerprint density at radius 3 is 1.37 bits per heavy atom. The van der Waals surface area contributed by atoms with Gasteiger partial charge in [0.25, 0.3) is 0 Å². The molecule has 0 radical (unpaired) electrons. The van der Waals surface area contributed by atoms with Gasteiger partial charge in [0.15, 0.2) is 6.10 Å². The number of nitrogens with zero attached hydrogens (tertiary/aromatic N) is 1. The van der Waals surface area contributed by atoms with E-state index < -0.39 is 32.5 Å². The second-order valence-electron chi connectivity index (χ2n) is 18.2. The summed E-state index contributed by atoms with van der Waals surface area (Å²) in [6, 6.07) is 0. The third-order valence-corrected chi connectivity index (χ3v) is 11.9. The van der Waals surface area contributed by atoms with Crippen LogP contribution in [0.25, 0.3) is 0 Å². The number of carbonyl (C=O) groups is 2. The summed E-state index contributed by atoms with van der Waals surface area (Å²) in [5, 5.41) is 0. The summed E-state index contributed by atoms with van der Waals surface area (Å²) in [4.78, 5) is 35.5. The molecule has 0 saturated heterocycles. The molecule has 0 spiro atoms. The highest BCUT2D eigenvalue weighted by Gasteiger charge is 2.27. The van der Waals surface area contributed by atoms with Gasteiger partial charge in [0.2, 0.25) is 0 Å². The fourth-order valence-electron chi connectivity index (χ4n) is 6.95. The first-order chi connectivity index (χ1) is 30.0. The molecule has 1 N–H and O–H groups in total. The van der Waals surface area contributed by atoms with Crippen molar-refractivity contribution in [1.82, 2.24) is 0 Å². The maximum atomic E-state index is 12.8. The lowest BCUT2D eigenvalue weighted by Gasteiger charge is -2.24.